The van der Waals surface area contributed by atoms with Gasteiger partial charge in [0.25, 0.3) is 0 Å². The van der Waals surface area contributed by atoms with Crippen LogP contribution in [0.1, 0.15) is 87.0 Å². The van der Waals surface area contributed by atoms with Crippen molar-refractivity contribution in [1.29, 1.82) is 0 Å². The van der Waals surface area contributed by atoms with Crippen LogP contribution in [0.15, 0.2) is 18.5 Å². The van der Waals surface area contributed by atoms with Gasteiger partial charge in [-0.1, -0.05) is 20.8 Å². The van der Waals surface area contributed by atoms with E-state index in [1.165, 1.54) is 0 Å². The van der Waals surface area contributed by atoms with Gasteiger partial charge in [-0.3, -0.25) is 9.69 Å². The van der Waals surface area contributed by atoms with Crippen LogP contribution in [-0.2, 0) is 14.0 Å². The Morgan fingerprint density at radius 1 is 1.14 bits per heavy atom. The average Bonchev–Trinajstić information content (AvgIpc) is 3.11. The highest BCUT2D eigenvalue weighted by atomic mass is 28.4. The van der Waals surface area contributed by atoms with Gasteiger partial charge < -0.3 is 14.1 Å². The maximum atomic E-state index is 14.1. The Hall–Kier alpha value is -2.00. The van der Waals surface area contributed by atoms with Gasteiger partial charge in [-0.2, -0.15) is 0 Å². The third-order valence-electron chi connectivity index (χ3n) is 7.10. The number of nitrogens with zero attached hydrogens (tertiary/aromatic N) is 4. The van der Waals surface area contributed by atoms with Crippen molar-refractivity contribution in [2.24, 2.45) is 0 Å². The van der Waals surface area contributed by atoms with Crippen LogP contribution in [0.5, 0.6) is 0 Å². The molecule has 198 valence electrons. The van der Waals surface area contributed by atoms with Gasteiger partial charge in [0, 0.05) is 25.0 Å². The lowest BCUT2D eigenvalue weighted by Crippen LogP contribution is -2.54. The maximum absolute atomic E-state index is 14.1. The standard InChI is InChI=1S/C26H46N4O4Si/c1-12-29(23(31)20-15-14-18(2)30(20)24(32)33-25(4,5)6)21(22-27-16-13-17-28-22)19(3)34-35(10,11)26(7,8)9/h13,16-21H,12,14-15H2,1-11H3. The van der Waals surface area contributed by atoms with E-state index < -0.39 is 32.1 Å². The van der Waals surface area contributed by atoms with Gasteiger partial charge in [0.05, 0.1) is 6.10 Å². The molecular weight excluding hydrogens is 460 g/mol. The first kappa shape index (κ1) is 29.2. The number of rotatable bonds is 7. The van der Waals surface area contributed by atoms with Crippen LogP contribution < -0.4 is 0 Å². The van der Waals surface area contributed by atoms with Crippen LogP contribution in [0.25, 0.3) is 0 Å². The van der Waals surface area contributed by atoms with E-state index in [1.54, 1.807) is 28.3 Å². The molecule has 0 saturated carbocycles. The highest BCUT2D eigenvalue weighted by Crippen LogP contribution is 2.40. The summed E-state index contributed by atoms with van der Waals surface area (Å²) in [6.45, 7) is 22.9. The molecule has 2 amide bonds. The van der Waals surface area contributed by atoms with E-state index in [0.29, 0.717) is 18.8 Å². The van der Waals surface area contributed by atoms with E-state index in [2.05, 4.69) is 43.8 Å². The zero-order valence-corrected chi connectivity index (χ0v) is 24.6. The summed E-state index contributed by atoms with van der Waals surface area (Å²) in [5.74, 6) is 0.426. The minimum absolute atomic E-state index is 0.0127. The predicted octanol–water partition coefficient (Wildman–Crippen LogP) is 5.56. The normalized spacial score (nSPS) is 20.9. The summed E-state index contributed by atoms with van der Waals surface area (Å²) in [6, 6.07) is 0.621. The molecule has 0 radical (unpaired) electrons. The first-order chi connectivity index (χ1) is 16.0. The minimum atomic E-state index is -2.14. The highest BCUT2D eigenvalue weighted by molar-refractivity contribution is 6.74. The summed E-state index contributed by atoms with van der Waals surface area (Å²) in [6.07, 6.45) is 3.95. The molecule has 1 aromatic rings. The van der Waals surface area contributed by atoms with Crippen molar-refractivity contribution in [3.05, 3.63) is 24.3 Å². The molecule has 2 heterocycles. The molecule has 4 atom stereocenters. The summed E-state index contributed by atoms with van der Waals surface area (Å²) < 4.78 is 12.4. The largest absolute Gasteiger partial charge is 0.444 e. The van der Waals surface area contributed by atoms with Gasteiger partial charge in [0.15, 0.2) is 14.1 Å². The highest BCUT2D eigenvalue weighted by Gasteiger charge is 2.46. The first-order valence-corrected chi connectivity index (χ1v) is 15.7. The lowest BCUT2D eigenvalue weighted by Gasteiger charge is -2.43. The van der Waals surface area contributed by atoms with Crippen LogP contribution in [0.4, 0.5) is 4.79 Å². The monoisotopic (exact) mass is 506 g/mol. The third kappa shape index (κ3) is 7.03. The number of amides is 2. The second-order valence-corrected chi connectivity index (χ2v) is 16.8. The van der Waals surface area contributed by atoms with Gasteiger partial charge in [-0.25, -0.2) is 14.8 Å². The molecule has 0 aromatic carbocycles. The number of hydrogen-bond donors (Lipinski definition) is 0. The molecule has 1 fully saturated rings. The summed E-state index contributed by atoms with van der Waals surface area (Å²) >= 11 is 0. The number of aromatic nitrogens is 2. The molecule has 0 spiro atoms. The minimum Gasteiger partial charge on any atom is -0.444 e. The van der Waals surface area contributed by atoms with Crippen molar-refractivity contribution in [1.82, 2.24) is 19.8 Å². The smallest absolute Gasteiger partial charge is 0.411 e. The number of hydrogen-bond acceptors (Lipinski definition) is 6. The van der Waals surface area contributed by atoms with Crippen LogP contribution in [0.3, 0.4) is 0 Å². The van der Waals surface area contributed by atoms with Crippen LogP contribution >= 0.6 is 0 Å². The van der Waals surface area contributed by atoms with E-state index in [1.807, 2.05) is 41.5 Å². The van der Waals surface area contributed by atoms with Crippen molar-refractivity contribution in [3.63, 3.8) is 0 Å². The van der Waals surface area contributed by atoms with Crippen molar-refractivity contribution in [2.75, 3.05) is 6.54 Å². The van der Waals surface area contributed by atoms with Crippen molar-refractivity contribution in [3.8, 4) is 0 Å². The topological polar surface area (TPSA) is 84.9 Å². The molecule has 1 saturated heterocycles. The second kappa shape index (κ2) is 10.9. The van der Waals surface area contributed by atoms with Gasteiger partial charge in [0.2, 0.25) is 5.91 Å². The second-order valence-electron chi connectivity index (χ2n) is 12.1. The Bertz CT molecular complexity index is 866. The molecule has 35 heavy (non-hydrogen) atoms. The van der Waals surface area contributed by atoms with Crippen LogP contribution in [0, 0.1) is 0 Å². The quantitative estimate of drug-likeness (QED) is 0.450. The molecule has 0 N–H and O–H groups in total. The lowest BCUT2D eigenvalue weighted by atomic mass is 10.1. The number of ether oxygens (including phenoxy) is 1. The summed E-state index contributed by atoms with van der Waals surface area (Å²) in [5.41, 5.74) is -0.636. The van der Waals surface area contributed by atoms with Gasteiger partial charge in [-0.15, -0.1) is 0 Å². The third-order valence-corrected chi connectivity index (χ3v) is 11.7. The number of likely N-dealkylation sites (N-methyl/N-ethyl adjacent to an activating group) is 1. The Morgan fingerprint density at radius 2 is 1.71 bits per heavy atom. The Balaban J connectivity index is 2.43. The average molecular weight is 507 g/mol. The molecular formula is C26H46N4O4Si. The fourth-order valence-electron chi connectivity index (χ4n) is 4.30. The van der Waals surface area contributed by atoms with Crippen LogP contribution in [0.2, 0.25) is 18.1 Å². The fraction of sp³-hybridized carbons (Fsp3) is 0.769. The molecule has 9 heteroatoms. The van der Waals surface area contributed by atoms with Gasteiger partial charge in [0.1, 0.15) is 17.7 Å². The zero-order chi connectivity index (χ0) is 26.8. The summed E-state index contributed by atoms with van der Waals surface area (Å²) in [5, 5.41) is 0.0127. The number of carbonyl (C=O) groups excluding carboxylic acids is 2. The molecule has 8 nitrogen and oxygen atoms in total. The summed E-state index contributed by atoms with van der Waals surface area (Å²) in [4.78, 5) is 39.5. The lowest BCUT2D eigenvalue weighted by molar-refractivity contribution is -0.141. The molecule has 1 aromatic heterocycles. The molecule has 0 bridgehead atoms. The first-order valence-electron chi connectivity index (χ1n) is 12.8. The molecule has 4 unspecified atom stereocenters. The Labute approximate surface area is 212 Å². The Morgan fingerprint density at radius 3 is 2.20 bits per heavy atom. The van der Waals surface area contributed by atoms with Crippen molar-refractivity contribution < 1.29 is 18.8 Å². The predicted molar refractivity (Wildman–Crippen MR) is 140 cm³/mol. The van der Waals surface area contributed by atoms with Gasteiger partial charge >= 0.3 is 6.09 Å². The fourth-order valence-corrected chi connectivity index (χ4v) is 5.71. The number of likely N-dealkylation sites (tertiary alicyclic amines) is 1. The Kier molecular flexibility index (Phi) is 9.14. The van der Waals surface area contributed by atoms with E-state index in [9.17, 15) is 9.59 Å². The van der Waals surface area contributed by atoms with E-state index in [-0.39, 0.29) is 23.1 Å². The van der Waals surface area contributed by atoms with E-state index in [4.69, 9.17) is 9.16 Å². The molecule has 1 aliphatic heterocycles. The zero-order valence-electron chi connectivity index (χ0n) is 23.6. The molecule has 2 rings (SSSR count). The SMILES string of the molecule is CCN(C(=O)C1CCC(C)N1C(=O)OC(C)(C)C)C(c1ncccn1)C(C)O[Si](C)(C)C(C)(C)C. The van der Waals surface area contributed by atoms with Gasteiger partial charge in [-0.05, 0) is 78.6 Å². The van der Waals surface area contributed by atoms with Crippen molar-refractivity contribution >= 4 is 20.3 Å². The number of carbonyl (C=O) groups is 2. The molecule has 0 aliphatic carbocycles. The van der Waals surface area contributed by atoms with E-state index >= 15 is 0 Å². The summed E-state index contributed by atoms with van der Waals surface area (Å²) in [7, 11) is -2.14. The van der Waals surface area contributed by atoms with E-state index in [0.717, 1.165) is 6.42 Å². The maximum Gasteiger partial charge on any atom is 0.411 e. The van der Waals surface area contributed by atoms with Crippen molar-refractivity contribution in [2.45, 2.75) is 123 Å². The molecule has 1 aliphatic rings. The van der Waals surface area contributed by atoms with Crippen LogP contribution in [-0.4, -0.2) is 70.4 Å².